The number of aromatic nitrogens is 3. The van der Waals surface area contributed by atoms with E-state index in [0.29, 0.717) is 25.1 Å². The van der Waals surface area contributed by atoms with Crippen molar-refractivity contribution in [2.75, 3.05) is 18.1 Å². The Morgan fingerprint density at radius 2 is 2.17 bits per heavy atom. The zero-order valence-electron chi connectivity index (χ0n) is 13.3. The average Bonchev–Trinajstić information content (AvgIpc) is 3.05. The third-order valence-corrected chi connectivity index (χ3v) is 5.35. The maximum absolute atomic E-state index is 12.4. The number of hydrogen-bond acceptors (Lipinski definition) is 5. The standard InChI is InChI=1S/C14H19N5O3S/c1-9-11-7-10(8-15-13(11)18(2)17-9)16-14(20)12-5-4-6-19(12)23(3,21)22/h7-8,12H,4-6H2,1-3H3,(H,16,20)/t12-/m0/s1. The zero-order valence-corrected chi connectivity index (χ0v) is 14.1. The van der Waals surface area contributed by atoms with Crippen LogP contribution >= 0.6 is 0 Å². The summed E-state index contributed by atoms with van der Waals surface area (Å²) >= 11 is 0. The molecule has 0 unspecified atom stereocenters. The van der Waals surface area contributed by atoms with E-state index in [4.69, 9.17) is 0 Å². The molecule has 9 heteroatoms. The van der Waals surface area contributed by atoms with Gasteiger partial charge in [-0.3, -0.25) is 9.48 Å². The molecule has 0 aliphatic carbocycles. The van der Waals surface area contributed by atoms with E-state index in [0.717, 1.165) is 23.0 Å². The molecule has 0 spiro atoms. The summed E-state index contributed by atoms with van der Waals surface area (Å²) in [7, 11) is -1.57. The Hall–Kier alpha value is -2.00. The molecule has 0 aromatic carbocycles. The fraction of sp³-hybridized carbons (Fsp3) is 0.500. The summed E-state index contributed by atoms with van der Waals surface area (Å²) in [6, 6.07) is 1.15. The number of carbonyl (C=O) groups is 1. The van der Waals surface area contributed by atoms with Gasteiger partial charge in [-0.05, 0) is 25.8 Å². The molecule has 1 aliphatic rings. The van der Waals surface area contributed by atoms with Crippen molar-refractivity contribution in [2.24, 2.45) is 7.05 Å². The number of rotatable bonds is 3. The second-order valence-electron chi connectivity index (χ2n) is 5.83. The number of carbonyl (C=O) groups excluding carboxylic acids is 1. The van der Waals surface area contributed by atoms with Gasteiger partial charge in [-0.25, -0.2) is 13.4 Å². The topological polar surface area (TPSA) is 97.2 Å². The van der Waals surface area contributed by atoms with Gasteiger partial charge in [0.25, 0.3) is 0 Å². The zero-order chi connectivity index (χ0) is 16.8. The van der Waals surface area contributed by atoms with Crippen molar-refractivity contribution in [2.45, 2.75) is 25.8 Å². The van der Waals surface area contributed by atoms with Crippen LogP contribution in [0.2, 0.25) is 0 Å². The molecule has 1 atom stereocenters. The lowest BCUT2D eigenvalue weighted by Gasteiger charge is -2.21. The van der Waals surface area contributed by atoms with E-state index in [1.165, 1.54) is 4.31 Å². The number of hydrogen-bond donors (Lipinski definition) is 1. The lowest BCUT2D eigenvalue weighted by Crippen LogP contribution is -2.42. The Kier molecular flexibility index (Phi) is 3.85. The number of aryl methyl sites for hydroxylation is 2. The lowest BCUT2D eigenvalue weighted by atomic mass is 10.2. The number of sulfonamides is 1. The predicted octanol–water partition coefficient (Wildman–Crippen LogP) is 0.639. The van der Waals surface area contributed by atoms with Crippen molar-refractivity contribution >= 4 is 32.7 Å². The average molecular weight is 337 g/mol. The van der Waals surface area contributed by atoms with E-state index in [1.54, 1.807) is 10.9 Å². The van der Waals surface area contributed by atoms with Crippen LogP contribution in [0, 0.1) is 6.92 Å². The van der Waals surface area contributed by atoms with E-state index in [1.807, 2.05) is 20.0 Å². The van der Waals surface area contributed by atoms with Crippen LogP contribution in [0.5, 0.6) is 0 Å². The van der Waals surface area contributed by atoms with Crippen LogP contribution in [0.15, 0.2) is 12.3 Å². The largest absolute Gasteiger partial charge is 0.323 e. The molecule has 8 nitrogen and oxygen atoms in total. The number of nitrogens with zero attached hydrogens (tertiary/aromatic N) is 4. The second kappa shape index (κ2) is 5.57. The van der Waals surface area contributed by atoms with Crippen LogP contribution in [0.1, 0.15) is 18.5 Å². The highest BCUT2D eigenvalue weighted by atomic mass is 32.2. The normalized spacial score (nSPS) is 19.3. The van der Waals surface area contributed by atoms with Crippen LogP contribution in [-0.4, -0.2) is 52.2 Å². The van der Waals surface area contributed by atoms with Gasteiger partial charge in [-0.15, -0.1) is 0 Å². The van der Waals surface area contributed by atoms with Gasteiger partial charge in [-0.1, -0.05) is 0 Å². The van der Waals surface area contributed by atoms with Crippen LogP contribution in [0.3, 0.4) is 0 Å². The predicted molar refractivity (Wildman–Crippen MR) is 86.4 cm³/mol. The fourth-order valence-electron chi connectivity index (χ4n) is 3.00. The Labute approximate surface area is 134 Å². The van der Waals surface area contributed by atoms with E-state index < -0.39 is 16.1 Å². The smallest absolute Gasteiger partial charge is 0.242 e. The molecule has 1 saturated heterocycles. The number of pyridine rings is 1. The molecule has 1 fully saturated rings. The van der Waals surface area contributed by atoms with Gasteiger partial charge < -0.3 is 5.32 Å². The SMILES string of the molecule is Cc1nn(C)c2ncc(NC(=O)[C@@H]3CCCN3S(C)(=O)=O)cc12. The molecule has 2 aromatic rings. The first kappa shape index (κ1) is 15.9. The molecule has 2 aromatic heterocycles. The molecule has 23 heavy (non-hydrogen) atoms. The lowest BCUT2D eigenvalue weighted by molar-refractivity contribution is -0.119. The summed E-state index contributed by atoms with van der Waals surface area (Å²) < 4.78 is 26.4. The van der Waals surface area contributed by atoms with Crippen LogP contribution in [0.4, 0.5) is 5.69 Å². The summed E-state index contributed by atoms with van der Waals surface area (Å²) in [5.74, 6) is -0.324. The monoisotopic (exact) mass is 337 g/mol. The summed E-state index contributed by atoms with van der Waals surface area (Å²) in [5.41, 5.74) is 2.10. The first-order valence-corrected chi connectivity index (χ1v) is 9.19. The van der Waals surface area contributed by atoms with Crippen LogP contribution in [0.25, 0.3) is 11.0 Å². The van der Waals surface area contributed by atoms with Gasteiger partial charge in [0.2, 0.25) is 15.9 Å². The maximum atomic E-state index is 12.4. The third-order valence-electron chi connectivity index (χ3n) is 4.06. The minimum Gasteiger partial charge on any atom is -0.323 e. The molecule has 3 heterocycles. The minimum atomic E-state index is -3.38. The molecule has 3 rings (SSSR count). The van der Waals surface area contributed by atoms with E-state index >= 15 is 0 Å². The Morgan fingerprint density at radius 3 is 2.87 bits per heavy atom. The molecule has 124 valence electrons. The van der Waals surface area contributed by atoms with Gasteiger partial charge in [0, 0.05) is 19.0 Å². The van der Waals surface area contributed by atoms with Crippen molar-refractivity contribution in [3.05, 3.63) is 18.0 Å². The number of anilines is 1. The van der Waals surface area contributed by atoms with Crippen molar-refractivity contribution in [1.82, 2.24) is 19.1 Å². The van der Waals surface area contributed by atoms with Crippen LogP contribution < -0.4 is 5.32 Å². The van der Waals surface area contributed by atoms with E-state index in [9.17, 15) is 13.2 Å². The van der Waals surface area contributed by atoms with E-state index in [2.05, 4.69) is 15.4 Å². The van der Waals surface area contributed by atoms with Gasteiger partial charge in [0.05, 0.1) is 23.8 Å². The molecular formula is C14H19N5O3S. The van der Waals surface area contributed by atoms with Crippen molar-refractivity contribution in [3.63, 3.8) is 0 Å². The highest BCUT2D eigenvalue weighted by Crippen LogP contribution is 2.23. The second-order valence-corrected chi connectivity index (χ2v) is 7.76. The molecule has 1 N–H and O–H groups in total. The van der Waals surface area contributed by atoms with Gasteiger partial charge in [0.15, 0.2) is 5.65 Å². The van der Waals surface area contributed by atoms with Crippen molar-refractivity contribution in [1.29, 1.82) is 0 Å². The van der Waals surface area contributed by atoms with Gasteiger partial charge >= 0.3 is 0 Å². The molecular weight excluding hydrogens is 318 g/mol. The van der Waals surface area contributed by atoms with Gasteiger partial charge in [-0.2, -0.15) is 9.40 Å². The van der Waals surface area contributed by atoms with Gasteiger partial charge in [0.1, 0.15) is 6.04 Å². The first-order chi connectivity index (χ1) is 10.8. The number of fused-ring (bicyclic) bond motifs is 1. The Balaban J connectivity index is 1.84. The van der Waals surface area contributed by atoms with Crippen LogP contribution in [-0.2, 0) is 21.9 Å². The first-order valence-electron chi connectivity index (χ1n) is 7.34. The van der Waals surface area contributed by atoms with Crippen molar-refractivity contribution in [3.8, 4) is 0 Å². The molecule has 0 bridgehead atoms. The summed E-state index contributed by atoms with van der Waals surface area (Å²) in [6.07, 6.45) is 3.90. The summed E-state index contributed by atoms with van der Waals surface area (Å²) in [5, 5.41) is 7.91. The summed E-state index contributed by atoms with van der Waals surface area (Å²) in [6.45, 7) is 2.26. The molecule has 0 saturated carbocycles. The quantitative estimate of drug-likeness (QED) is 0.886. The Bertz CT molecular complexity index is 874. The Morgan fingerprint density at radius 1 is 1.43 bits per heavy atom. The number of nitrogens with one attached hydrogen (secondary N) is 1. The third kappa shape index (κ3) is 2.93. The maximum Gasteiger partial charge on any atom is 0.242 e. The molecule has 1 aliphatic heterocycles. The minimum absolute atomic E-state index is 0.324. The van der Waals surface area contributed by atoms with Crippen molar-refractivity contribution < 1.29 is 13.2 Å². The molecule has 1 amide bonds. The fourth-order valence-corrected chi connectivity index (χ4v) is 4.13. The number of amides is 1. The highest BCUT2D eigenvalue weighted by Gasteiger charge is 2.36. The van der Waals surface area contributed by atoms with E-state index in [-0.39, 0.29) is 5.91 Å². The molecule has 0 radical (unpaired) electrons. The summed E-state index contributed by atoms with van der Waals surface area (Å²) in [4.78, 5) is 16.7. The highest BCUT2D eigenvalue weighted by molar-refractivity contribution is 7.88.